The molecule has 2 aliphatic rings. The third-order valence-corrected chi connectivity index (χ3v) is 8.06. The highest BCUT2D eigenvalue weighted by molar-refractivity contribution is 7.10. The van der Waals surface area contributed by atoms with Gasteiger partial charge < -0.3 is 26.0 Å². The summed E-state index contributed by atoms with van der Waals surface area (Å²) in [5, 5.41) is 14.9. The molecule has 1 saturated heterocycles. The third-order valence-electron chi connectivity index (χ3n) is 7.12. The molecule has 1 aliphatic heterocycles. The van der Waals surface area contributed by atoms with Crippen molar-refractivity contribution in [3.8, 4) is 11.5 Å². The molecular weight excluding hydrogens is 502 g/mol. The number of thiophene rings is 1. The predicted octanol–water partition coefficient (Wildman–Crippen LogP) is 3.25. The second kappa shape index (κ2) is 10.3. The van der Waals surface area contributed by atoms with E-state index in [1.165, 1.54) is 11.3 Å². The number of ether oxygens (including phenoxy) is 1. The monoisotopic (exact) mass is 531 g/mol. The van der Waals surface area contributed by atoms with E-state index in [9.17, 15) is 14.4 Å². The average molecular weight is 532 g/mol. The van der Waals surface area contributed by atoms with E-state index in [1.54, 1.807) is 40.6 Å². The summed E-state index contributed by atoms with van der Waals surface area (Å²) in [6.07, 6.45) is 1.45. The van der Waals surface area contributed by atoms with Crippen LogP contribution in [0.4, 0.5) is 0 Å². The highest BCUT2D eigenvalue weighted by Crippen LogP contribution is 2.59. The molecule has 10 heteroatoms. The quantitative estimate of drug-likeness (QED) is 0.248. The van der Waals surface area contributed by atoms with Crippen LogP contribution in [0.3, 0.4) is 0 Å². The fraction of sp³-hybridized carbons (Fsp3) is 0.286. The molecule has 3 aromatic rings. The maximum Gasteiger partial charge on any atom is 0.251 e. The van der Waals surface area contributed by atoms with Crippen LogP contribution in [0.25, 0.3) is 0 Å². The van der Waals surface area contributed by atoms with Crippen molar-refractivity contribution in [2.45, 2.75) is 38.4 Å². The smallest absolute Gasteiger partial charge is 0.251 e. The van der Waals surface area contributed by atoms with Crippen LogP contribution in [0.1, 0.15) is 40.6 Å². The number of rotatable bonds is 9. The van der Waals surface area contributed by atoms with Crippen LogP contribution in [0.5, 0.6) is 11.5 Å². The minimum absolute atomic E-state index is 0.00289. The Morgan fingerprint density at radius 3 is 2.45 bits per heavy atom. The number of benzene rings is 2. The summed E-state index contributed by atoms with van der Waals surface area (Å²) in [5.74, 6) is 0.416. The predicted molar refractivity (Wildman–Crippen MR) is 144 cm³/mol. The van der Waals surface area contributed by atoms with Crippen LogP contribution < -0.4 is 21.1 Å². The summed E-state index contributed by atoms with van der Waals surface area (Å²) in [6.45, 7) is 2.20. The van der Waals surface area contributed by atoms with Crippen LogP contribution in [-0.4, -0.2) is 47.1 Å². The van der Waals surface area contributed by atoms with Gasteiger partial charge in [-0.15, -0.1) is 11.3 Å². The molecule has 0 radical (unpaired) electrons. The molecule has 9 nitrogen and oxygen atoms in total. The van der Waals surface area contributed by atoms with Crippen LogP contribution in [0, 0.1) is 10.8 Å². The molecule has 1 aromatic heterocycles. The number of hydrogen-bond acceptors (Lipinski definition) is 6. The Labute approximate surface area is 224 Å². The SMILES string of the molecule is C[C@@]12C[C@@H]1N(C(=O)CNC(=O)c1ccc(Oc3ccccc3)cc1)[C@H](C(=O)NCc1cc(C(=N)N)cs1)C2. The molecular formula is C28H29N5O4S. The number of piperidine rings is 1. The molecule has 1 aliphatic carbocycles. The van der Waals surface area contributed by atoms with E-state index in [2.05, 4.69) is 17.6 Å². The maximum absolute atomic E-state index is 13.2. The van der Waals surface area contributed by atoms with Gasteiger partial charge in [0.2, 0.25) is 11.8 Å². The van der Waals surface area contributed by atoms with Gasteiger partial charge in [0.05, 0.1) is 13.1 Å². The van der Waals surface area contributed by atoms with Crippen molar-refractivity contribution in [2.24, 2.45) is 11.1 Å². The Morgan fingerprint density at radius 2 is 1.76 bits per heavy atom. The number of fused-ring (bicyclic) bond motifs is 1. The molecule has 0 bridgehead atoms. The van der Waals surface area contributed by atoms with Gasteiger partial charge in [0.15, 0.2) is 0 Å². The summed E-state index contributed by atoms with van der Waals surface area (Å²) in [7, 11) is 0. The number of carbonyl (C=O) groups excluding carboxylic acids is 3. The van der Waals surface area contributed by atoms with E-state index in [0.717, 1.165) is 11.3 Å². The first-order valence-corrected chi connectivity index (χ1v) is 13.2. The van der Waals surface area contributed by atoms with E-state index in [-0.39, 0.29) is 41.6 Å². The molecule has 2 aromatic carbocycles. The van der Waals surface area contributed by atoms with Gasteiger partial charge in [-0.3, -0.25) is 19.8 Å². The number of nitrogens with zero attached hydrogens (tertiary/aromatic N) is 1. The molecule has 1 saturated carbocycles. The number of amidine groups is 1. The number of hydrogen-bond donors (Lipinski definition) is 4. The van der Waals surface area contributed by atoms with Crippen molar-refractivity contribution < 1.29 is 19.1 Å². The van der Waals surface area contributed by atoms with Gasteiger partial charge in [-0.1, -0.05) is 25.1 Å². The van der Waals surface area contributed by atoms with Crippen molar-refractivity contribution in [3.05, 3.63) is 82.0 Å². The Morgan fingerprint density at radius 1 is 1.05 bits per heavy atom. The Bertz CT molecular complexity index is 1370. The lowest BCUT2D eigenvalue weighted by Gasteiger charge is -2.27. The van der Waals surface area contributed by atoms with Crippen LogP contribution >= 0.6 is 11.3 Å². The number of likely N-dealkylation sites (tertiary alicyclic amines) is 1. The van der Waals surface area contributed by atoms with Crippen LogP contribution in [-0.2, 0) is 16.1 Å². The average Bonchev–Trinajstić information content (AvgIpc) is 3.23. The third kappa shape index (κ3) is 5.40. The zero-order chi connectivity index (χ0) is 26.9. The van der Waals surface area contributed by atoms with Crippen molar-refractivity contribution >= 4 is 34.9 Å². The molecule has 2 heterocycles. The van der Waals surface area contributed by atoms with Crippen LogP contribution in [0.15, 0.2) is 66.0 Å². The normalized spacial score (nSPS) is 21.3. The zero-order valence-electron chi connectivity index (χ0n) is 20.9. The van der Waals surface area contributed by atoms with E-state index in [0.29, 0.717) is 35.6 Å². The van der Waals surface area contributed by atoms with E-state index in [1.807, 2.05) is 30.3 Å². The van der Waals surface area contributed by atoms with E-state index in [4.69, 9.17) is 15.9 Å². The summed E-state index contributed by atoms with van der Waals surface area (Å²) >= 11 is 1.42. The van der Waals surface area contributed by atoms with Gasteiger partial charge >= 0.3 is 0 Å². The van der Waals surface area contributed by atoms with Crippen molar-refractivity contribution in [1.29, 1.82) is 5.41 Å². The molecule has 0 unspecified atom stereocenters. The fourth-order valence-electron chi connectivity index (χ4n) is 4.92. The largest absolute Gasteiger partial charge is 0.457 e. The summed E-state index contributed by atoms with van der Waals surface area (Å²) in [5.41, 5.74) is 6.48. The van der Waals surface area contributed by atoms with Crippen molar-refractivity contribution in [2.75, 3.05) is 6.54 Å². The zero-order valence-corrected chi connectivity index (χ0v) is 21.7. The first kappa shape index (κ1) is 25.5. The number of nitrogen functional groups attached to an aromatic ring is 1. The highest BCUT2D eigenvalue weighted by atomic mass is 32.1. The lowest BCUT2D eigenvalue weighted by atomic mass is 10.0. The second-order valence-electron chi connectivity index (χ2n) is 9.95. The molecule has 0 spiro atoms. The lowest BCUT2D eigenvalue weighted by molar-refractivity contribution is -0.139. The van der Waals surface area contributed by atoms with Crippen molar-refractivity contribution in [1.82, 2.24) is 15.5 Å². The molecule has 3 amide bonds. The number of nitrogens with one attached hydrogen (secondary N) is 3. The van der Waals surface area contributed by atoms with Gasteiger partial charge in [-0.25, -0.2) is 0 Å². The van der Waals surface area contributed by atoms with Gasteiger partial charge in [0.25, 0.3) is 5.91 Å². The number of amides is 3. The standard InChI is InChI=1S/C28H29N5O4S/c1-28-12-22(27(36)31-14-21-11-18(16-38-21)25(29)30)33(23(28)13-28)24(34)15-32-26(35)17-7-9-20(10-8-17)37-19-5-3-2-4-6-19/h2-11,16,22-23H,12-15H2,1H3,(H3,29,30)(H,31,36)(H,32,35)/t22-,23-,28+/m0/s1. The molecule has 2 fully saturated rings. The molecule has 3 atom stereocenters. The second-order valence-corrected chi connectivity index (χ2v) is 10.9. The van der Waals surface area contributed by atoms with Gasteiger partial charge in [0.1, 0.15) is 23.4 Å². The van der Waals surface area contributed by atoms with E-state index >= 15 is 0 Å². The van der Waals surface area contributed by atoms with E-state index < -0.39 is 6.04 Å². The molecule has 196 valence electrons. The first-order chi connectivity index (χ1) is 18.2. The Kier molecular flexibility index (Phi) is 6.90. The lowest BCUT2D eigenvalue weighted by Crippen LogP contribution is -2.50. The Hall–Kier alpha value is -4.18. The minimum atomic E-state index is -0.579. The van der Waals surface area contributed by atoms with Gasteiger partial charge in [-0.2, -0.15) is 0 Å². The van der Waals surface area contributed by atoms with Gasteiger partial charge in [0, 0.05) is 27.4 Å². The number of nitrogens with two attached hydrogens (primary N) is 1. The van der Waals surface area contributed by atoms with Gasteiger partial charge in [-0.05, 0) is 60.7 Å². The topological polar surface area (TPSA) is 138 Å². The summed E-state index contributed by atoms with van der Waals surface area (Å²) in [6, 6.07) is 17.2. The Balaban J connectivity index is 1.16. The number of carbonyl (C=O) groups is 3. The van der Waals surface area contributed by atoms with Crippen LogP contribution in [0.2, 0.25) is 0 Å². The summed E-state index contributed by atoms with van der Waals surface area (Å²) < 4.78 is 5.75. The molecule has 38 heavy (non-hydrogen) atoms. The minimum Gasteiger partial charge on any atom is -0.457 e. The summed E-state index contributed by atoms with van der Waals surface area (Å²) in [4.78, 5) is 41.4. The fourth-order valence-corrected chi connectivity index (χ4v) is 5.74. The first-order valence-electron chi connectivity index (χ1n) is 12.4. The van der Waals surface area contributed by atoms with Crippen molar-refractivity contribution in [3.63, 3.8) is 0 Å². The number of para-hydroxylation sites is 1. The highest BCUT2D eigenvalue weighted by Gasteiger charge is 2.64. The maximum atomic E-state index is 13.2. The molecule has 5 rings (SSSR count). The molecule has 5 N–H and O–H groups in total.